The number of rotatable bonds is 3. The molecule has 2 aromatic rings. The van der Waals surface area contributed by atoms with E-state index in [0.29, 0.717) is 5.54 Å². The fraction of sp³-hybridized carbons (Fsp3) is 0.158. The molecule has 0 N–H and O–H groups in total. The number of allylic oxidation sites excluding steroid dienone is 4. The second kappa shape index (κ2) is 4.91. The molecule has 0 unspecified atom stereocenters. The maximum Gasteiger partial charge on any atom is 0.0566 e. The molecule has 0 heterocycles. The first-order valence-electron chi connectivity index (χ1n) is 7.19. The zero-order valence-electron chi connectivity index (χ0n) is 11.3. The van der Waals surface area contributed by atoms with Crippen LogP contribution in [0.3, 0.4) is 0 Å². The lowest BCUT2D eigenvalue weighted by atomic mass is 10.0. The molecule has 20 heavy (non-hydrogen) atoms. The Morgan fingerprint density at radius 3 is 2.60 bits per heavy atom. The third-order valence-corrected chi connectivity index (χ3v) is 5.67. The van der Waals surface area contributed by atoms with Gasteiger partial charge in [-0.2, -0.15) is 0 Å². The van der Waals surface area contributed by atoms with E-state index >= 15 is 0 Å². The van der Waals surface area contributed by atoms with Crippen LogP contribution in [0.4, 0.5) is 0 Å². The number of fused-ring (bicyclic) bond motifs is 3. The van der Waals surface area contributed by atoms with Gasteiger partial charge in [0, 0.05) is 0 Å². The Hall–Kier alpha value is -1.86. The standard InChI is InChI=1S/C19H16Si/c1-4-10-17-14(6-1)12-19-15(7-5-11-18(17)19)13-20-16-8-2-3-9-16/h1-11,16H,12-13H2. The molecule has 0 saturated carbocycles. The molecule has 2 aliphatic carbocycles. The SMILES string of the molecule is C1=CC([Si]Cc2cccc3c2Cc2ccccc2-3)C=C1. The van der Waals surface area contributed by atoms with Gasteiger partial charge in [-0.15, -0.1) is 0 Å². The predicted octanol–water partition coefficient (Wildman–Crippen LogP) is 4.38. The Morgan fingerprint density at radius 2 is 1.70 bits per heavy atom. The average Bonchev–Trinajstić information content (AvgIpc) is 3.12. The molecule has 2 radical (unpaired) electrons. The first-order chi connectivity index (χ1) is 9.92. The van der Waals surface area contributed by atoms with Crippen molar-refractivity contribution in [3.05, 3.63) is 83.5 Å². The van der Waals surface area contributed by atoms with Crippen LogP contribution in [0.25, 0.3) is 11.1 Å². The van der Waals surface area contributed by atoms with Crippen molar-refractivity contribution in [3.63, 3.8) is 0 Å². The Bertz CT molecular complexity index is 697. The monoisotopic (exact) mass is 272 g/mol. The van der Waals surface area contributed by atoms with Crippen molar-refractivity contribution >= 4 is 9.52 Å². The molecular formula is C19H16Si. The van der Waals surface area contributed by atoms with E-state index in [4.69, 9.17) is 0 Å². The summed E-state index contributed by atoms with van der Waals surface area (Å²) in [5, 5.41) is 0. The zero-order valence-corrected chi connectivity index (χ0v) is 12.3. The van der Waals surface area contributed by atoms with Crippen LogP contribution in [0.2, 0.25) is 5.54 Å². The van der Waals surface area contributed by atoms with Crippen molar-refractivity contribution in [3.8, 4) is 11.1 Å². The molecule has 96 valence electrons. The van der Waals surface area contributed by atoms with Gasteiger partial charge in [0.15, 0.2) is 0 Å². The van der Waals surface area contributed by atoms with Gasteiger partial charge >= 0.3 is 0 Å². The maximum atomic E-state index is 2.32. The van der Waals surface area contributed by atoms with Crippen LogP contribution in [-0.2, 0) is 12.5 Å². The Morgan fingerprint density at radius 1 is 0.900 bits per heavy atom. The van der Waals surface area contributed by atoms with E-state index in [1.165, 1.54) is 22.7 Å². The van der Waals surface area contributed by atoms with Crippen molar-refractivity contribution in [2.24, 2.45) is 0 Å². The Labute approximate surface area is 122 Å². The molecule has 0 atom stereocenters. The number of benzene rings is 2. The summed E-state index contributed by atoms with van der Waals surface area (Å²) in [5.74, 6) is 0. The van der Waals surface area contributed by atoms with Crippen molar-refractivity contribution in [1.82, 2.24) is 0 Å². The summed E-state index contributed by atoms with van der Waals surface area (Å²) in [4.78, 5) is 0. The van der Waals surface area contributed by atoms with Gasteiger partial charge in [0.2, 0.25) is 0 Å². The van der Waals surface area contributed by atoms with Gasteiger partial charge in [-0.1, -0.05) is 66.8 Å². The Kier molecular flexibility index (Phi) is 2.93. The minimum atomic E-state index is 0.662. The van der Waals surface area contributed by atoms with E-state index in [1.807, 2.05) is 0 Å². The third-order valence-electron chi connectivity index (χ3n) is 4.22. The van der Waals surface area contributed by atoms with Crippen molar-refractivity contribution in [2.45, 2.75) is 18.0 Å². The highest BCUT2D eigenvalue weighted by Crippen LogP contribution is 2.38. The summed E-state index contributed by atoms with van der Waals surface area (Å²) >= 11 is 0. The predicted molar refractivity (Wildman–Crippen MR) is 86.2 cm³/mol. The van der Waals surface area contributed by atoms with Crippen LogP contribution in [0, 0.1) is 0 Å². The van der Waals surface area contributed by atoms with Crippen molar-refractivity contribution in [2.75, 3.05) is 0 Å². The number of hydrogen-bond acceptors (Lipinski definition) is 0. The van der Waals surface area contributed by atoms with E-state index in [1.54, 1.807) is 11.1 Å². The summed E-state index contributed by atoms with van der Waals surface area (Å²) in [7, 11) is 0.960. The minimum Gasteiger partial charge on any atom is -0.0809 e. The largest absolute Gasteiger partial charge is 0.0809 e. The van der Waals surface area contributed by atoms with Crippen LogP contribution >= 0.6 is 0 Å². The fourth-order valence-corrected chi connectivity index (χ4v) is 4.47. The molecular weight excluding hydrogens is 256 g/mol. The third kappa shape index (κ3) is 1.99. The van der Waals surface area contributed by atoms with Crippen molar-refractivity contribution in [1.29, 1.82) is 0 Å². The lowest BCUT2D eigenvalue weighted by Crippen LogP contribution is -2.04. The summed E-state index contributed by atoms with van der Waals surface area (Å²) in [6.45, 7) is 0. The van der Waals surface area contributed by atoms with Crippen LogP contribution in [0.1, 0.15) is 16.7 Å². The molecule has 0 nitrogen and oxygen atoms in total. The molecule has 0 saturated heterocycles. The highest BCUT2D eigenvalue weighted by molar-refractivity contribution is 6.39. The fourth-order valence-electron chi connectivity index (χ4n) is 3.18. The van der Waals surface area contributed by atoms with Crippen LogP contribution in [0.15, 0.2) is 66.8 Å². The lowest BCUT2D eigenvalue weighted by Gasteiger charge is -2.09. The summed E-state index contributed by atoms with van der Waals surface area (Å²) in [5.41, 5.74) is 8.15. The minimum absolute atomic E-state index is 0.662. The van der Waals surface area contributed by atoms with Gasteiger partial charge in [0.25, 0.3) is 0 Å². The average molecular weight is 272 g/mol. The smallest absolute Gasteiger partial charge is 0.0566 e. The summed E-state index contributed by atoms with van der Waals surface area (Å²) in [6.07, 6.45) is 10.1. The first kappa shape index (κ1) is 11.9. The molecule has 0 aliphatic heterocycles. The van der Waals surface area contributed by atoms with Gasteiger partial charge in [0.1, 0.15) is 0 Å². The number of hydrogen-bond donors (Lipinski definition) is 0. The molecule has 0 fully saturated rings. The van der Waals surface area contributed by atoms with Gasteiger partial charge in [-0.25, -0.2) is 0 Å². The lowest BCUT2D eigenvalue weighted by molar-refractivity contribution is 1.18. The molecule has 2 aromatic carbocycles. The highest BCUT2D eigenvalue weighted by atomic mass is 28.2. The van der Waals surface area contributed by atoms with E-state index < -0.39 is 0 Å². The van der Waals surface area contributed by atoms with Gasteiger partial charge in [0.05, 0.1) is 9.52 Å². The maximum absolute atomic E-state index is 2.32. The van der Waals surface area contributed by atoms with Gasteiger partial charge < -0.3 is 0 Å². The van der Waals surface area contributed by atoms with Crippen LogP contribution in [0.5, 0.6) is 0 Å². The summed E-state index contributed by atoms with van der Waals surface area (Å²) in [6, 6.07) is 16.9. The van der Waals surface area contributed by atoms with E-state index in [0.717, 1.165) is 15.9 Å². The van der Waals surface area contributed by atoms with E-state index in [9.17, 15) is 0 Å². The summed E-state index contributed by atoms with van der Waals surface area (Å²) < 4.78 is 0. The van der Waals surface area contributed by atoms with Gasteiger partial charge in [-0.05, 0) is 45.8 Å². The van der Waals surface area contributed by atoms with Crippen LogP contribution in [-0.4, -0.2) is 9.52 Å². The second-order valence-corrected chi connectivity index (χ2v) is 6.88. The molecule has 0 bridgehead atoms. The molecule has 0 amide bonds. The van der Waals surface area contributed by atoms with Crippen LogP contribution < -0.4 is 0 Å². The normalized spacial score (nSPS) is 15.6. The highest BCUT2D eigenvalue weighted by Gasteiger charge is 2.20. The molecule has 0 spiro atoms. The van der Waals surface area contributed by atoms with E-state index in [2.05, 4.69) is 66.8 Å². The quantitative estimate of drug-likeness (QED) is 0.621. The molecule has 2 aliphatic rings. The molecule has 4 rings (SSSR count). The first-order valence-corrected chi connectivity index (χ1v) is 8.48. The van der Waals surface area contributed by atoms with E-state index in [-0.39, 0.29) is 0 Å². The Balaban J connectivity index is 1.63. The topological polar surface area (TPSA) is 0 Å². The van der Waals surface area contributed by atoms with Crippen molar-refractivity contribution < 1.29 is 0 Å². The molecule has 1 heteroatoms. The second-order valence-electron chi connectivity index (χ2n) is 5.45. The zero-order chi connectivity index (χ0) is 13.4. The van der Waals surface area contributed by atoms with Gasteiger partial charge in [-0.3, -0.25) is 0 Å². The molecule has 0 aromatic heterocycles.